The monoisotopic (exact) mass is 309 g/mol. The lowest BCUT2D eigenvalue weighted by Crippen LogP contribution is -2.26. The van der Waals surface area contributed by atoms with Crippen molar-refractivity contribution in [3.05, 3.63) is 56.0 Å². The van der Waals surface area contributed by atoms with Gasteiger partial charge in [0.1, 0.15) is 5.56 Å². The predicted molar refractivity (Wildman–Crippen MR) is 77.6 cm³/mol. The second-order valence-corrected chi connectivity index (χ2v) is 5.42. The van der Waals surface area contributed by atoms with Gasteiger partial charge in [-0.3, -0.25) is 14.9 Å². The van der Waals surface area contributed by atoms with Gasteiger partial charge in [-0.05, 0) is 17.5 Å². The third-order valence-electron chi connectivity index (χ3n) is 2.86. The first-order valence-corrected chi connectivity index (χ1v) is 6.79. The summed E-state index contributed by atoms with van der Waals surface area (Å²) >= 11 is 1.47. The largest absolute Gasteiger partial charge is 0.396 e. The van der Waals surface area contributed by atoms with E-state index in [-0.39, 0.29) is 11.3 Å². The highest BCUT2D eigenvalue weighted by molar-refractivity contribution is 7.09. The zero-order valence-electron chi connectivity index (χ0n) is 11.1. The van der Waals surface area contributed by atoms with E-state index in [0.717, 1.165) is 10.9 Å². The van der Waals surface area contributed by atoms with Crippen LogP contribution < -0.4 is 5.73 Å². The van der Waals surface area contributed by atoms with E-state index >= 15 is 0 Å². The molecule has 1 heterocycles. The Labute approximate surface area is 123 Å². The first kappa shape index (κ1) is 14.9. The fourth-order valence-electron chi connectivity index (χ4n) is 1.82. The number of amides is 1. The highest BCUT2D eigenvalue weighted by atomic mass is 32.1. The predicted octanol–water partition coefficient (Wildman–Crippen LogP) is 2.65. The number of hydrogen-bond acceptors (Lipinski definition) is 5. The van der Waals surface area contributed by atoms with Crippen molar-refractivity contribution in [3.63, 3.8) is 0 Å². The summed E-state index contributed by atoms with van der Waals surface area (Å²) in [7, 11) is 1.52. The van der Waals surface area contributed by atoms with E-state index in [9.17, 15) is 19.3 Å². The Morgan fingerprint density at radius 1 is 1.52 bits per heavy atom. The molecule has 0 aliphatic heterocycles. The van der Waals surface area contributed by atoms with Crippen molar-refractivity contribution in [2.45, 2.75) is 6.54 Å². The Kier molecular flexibility index (Phi) is 4.18. The number of nitrogens with zero attached hydrogens (tertiary/aromatic N) is 2. The quantitative estimate of drug-likeness (QED) is 0.534. The van der Waals surface area contributed by atoms with Crippen LogP contribution in [-0.2, 0) is 6.54 Å². The van der Waals surface area contributed by atoms with E-state index in [1.165, 1.54) is 23.3 Å². The van der Waals surface area contributed by atoms with Gasteiger partial charge in [0.2, 0.25) is 0 Å². The van der Waals surface area contributed by atoms with Gasteiger partial charge in [0.15, 0.2) is 5.82 Å². The molecular weight excluding hydrogens is 297 g/mol. The molecule has 0 radical (unpaired) electrons. The Morgan fingerprint density at radius 3 is 2.81 bits per heavy atom. The molecule has 0 aliphatic rings. The van der Waals surface area contributed by atoms with Gasteiger partial charge >= 0.3 is 0 Å². The molecule has 1 aromatic carbocycles. The molecule has 21 heavy (non-hydrogen) atoms. The zero-order chi connectivity index (χ0) is 15.6. The normalized spacial score (nSPS) is 10.4. The number of carbonyl (C=O) groups excluding carboxylic acids is 1. The third-order valence-corrected chi connectivity index (χ3v) is 3.72. The van der Waals surface area contributed by atoms with Gasteiger partial charge in [0.25, 0.3) is 11.6 Å². The summed E-state index contributed by atoms with van der Waals surface area (Å²) in [6, 6.07) is 5.36. The molecule has 6 nitrogen and oxygen atoms in total. The first-order chi connectivity index (χ1) is 9.90. The fraction of sp³-hybridized carbons (Fsp3) is 0.154. The SMILES string of the molecule is CN(Cc1cccs1)C(=O)c1cc(N)c(F)cc1[N+](=O)[O-]. The molecule has 2 rings (SSSR count). The van der Waals surface area contributed by atoms with E-state index in [1.807, 2.05) is 17.5 Å². The summed E-state index contributed by atoms with van der Waals surface area (Å²) in [5.41, 5.74) is 4.28. The lowest BCUT2D eigenvalue weighted by atomic mass is 10.1. The van der Waals surface area contributed by atoms with Crippen molar-refractivity contribution < 1.29 is 14.1 Å². The van der Waals surface area contributed by atoms with Crippen molar-refractivity contribution in [1.82, 2.24) is 4.90 Å². The number of rotatable bonds is 4. The van der Waals surface area contributed by atoms with Crippen molar-refractivity contribution in [2.75, 3.05) is 12.8 Å². The van der Waals surface area contributed by atoms with Crippen LogP contribution in [0.5, 0.6) is 0 Å². The average Bonchev–Trinajstić information content (AvgIpc) is 2.93. The lowest BCUT2D eigenvalue weighted by molar-refractivity contribution is -0.385. The van der Waals surface area contributed by atoms with E-state index in [4.69, 9.17) is 5.73 Å². The molecule has 2 aromatic rings. The molecule has 0 spiro atoms. The van der Waals surface area contributed by atoms with Crippen LogP contribution in [0.3, 0.4) is 0 Å². The Balaban J connectivity index is 2.33. The van der Waals surface area contributed by atoms with E-state index in [1.54, 1.807) is 0 Å². The van der Waals surface area contributed by atoms with Gasteiger partial charge in [-0.15, -0.1) is 11.3 Å². The van der Waals surface area contributed by atoms with Crippen LogP contribution in [0.1, 0.15) is 15.2 Å². The standard InChI is InChI=1S/C13H12FN3O3S/c1-16(7-8-3-2-4-21-8)13(18)9-5-11(15)10(14)6-12(9)17(19)20/h2-6H,7,15H2,1H3. The highest BCUT2D eigenvalue weighted by Crippen LogP contribution is 2.26. The first-order valence-electron chi connectivity index (χ1n) is 5.91. The van der Waals surface area contributed by atoms with E-state index in [0.29, 0.717) is 12.6 Å². The average molecular weight is 309 g/mol. The summed E-state index contributed by atoms with van der Waals surface area (Å²) < 4.78 is 13.3. The molecule has 8 heteroatoms. The number of halogens is 1. The number of hydrogen-bond donors (Lipinski definition) is 1. The van der Waals surface area contributed by atoms with Gasteiger partial charge < -0.3 is 10.6 Å². The molecule has 0 unspecified atom stereocenters. The fourth-order valence-corrected chi connectivity index (χ4v) is 2.57. The number of nitro groups is 1. The van der Waals surface area contributed by atoms with Crippen LogP contribution in [0.15, 0.2) is 29.6 Å². The number of anilines is 1. The molecule has 2 N–H and O–H groups in total. The van der Waals surface area contributed by atoms with Crippen LogP contribution in [0.2, 0.25) is 0 Å². The van der Waals surface area contributed by atoms with Crippen molar-refractivity contribution in [3.8, 4) is 0 Å². The van der Waals surface area contributed by atoms with E-state index < -0.39 is 22.3 Å². The van der Waals surface area contributed by atoms with Gasteiger partial charge in [-0.2, -0.15) is 0 Å². The topological polar surface area (TPSA) is 89.5 Å². The van der Waals surface area contributed by atoms with Gasteiger partial charge in [-0.1, -0.05) is 6.07 Å². The summed E-state index contributed by atoms with van der Waals surface area (Å²) in [6.45, 7) is 0.310. The minimum atomic E-state index is -0.917. The second-order valence-electron chi connectivity index (χ2n) is 4.39. The maximum absolute atomic E-state index is 13.3. The number of thiophene rings is 1. The van der Waals surface area contributed by atoms with E-state index in [2.05, 4.69) is 0 Å². The van der Waals surface area contributed by atoms with Crippen LogP contribution in [0.4, 0.5) is 15.8 Å². The molecule has 0 aliphatic carbocycles. The van der Waals surface area contributed by atoms with Gasteiger partial charge in [-0.25, -0.2) is 4.39 Å². The minimum absolute atomic E-state index is 0.224. The van der Waals surface area contributed by atoms with Crippen LogP contribution in [0, 0.1) is 15.9 Å². The maximum atomic E-state index is 13.3. The zero-order valence-corrected chi connectivity index (χ0v) is 11.9. The van der Waals surface area contributed by atoms with Gasteiger partial charge in [0, 0.05) is 11.9 Å². The van der Waals surface area contributed by atoms with Crippen LogP contribution in [0.25, 0.3) is 0 Å². The summed E-state index contributed by atoms with van der Waals surface area (Å²) in [4.78, 5) is 24.7. The molecule has 1 aromatic heterocycles. The van der Waals surface area contributed by atoms with Crippen LogP contribution in [-0.4, -0.2) is 22.8 Å². The highest BCUT2D eigenvalue weighted by Gasteiger charge is 2.25. The minimum Gasteiger partial charge on any atom is -0.396 e. The summed E-state index contributed by atoms with van der Waals surface area (Å²) in [5.74, 6) is -1.50. The second kappa shape index (κ2) is 5.88. The molecule has 0 atom stereocenters. The molecule has 0 fully saturated rings. The molecule has 0 saturated heterocycles. The number of benzene rings is 1. The molecular formula is C13H12FN3O3S. The van der Waals surface area contributed by atoms with Crippen LogP contribution >= 0.6 is 11.3 Å². The number of nitro benzene ring substituents is 1. The van der Waals surface area contributed by atoms with Gasteiger partial charge in [0.05, 0.1) is 23.2 Å². The number of nitrogens with two attached hydrogens (primary N) is 1. The maximum Gasteiger partial charge on any atom is 0.285 e. The number of nitrogen functional groups attached to an aromatic ring is 1. The molecule has 0 bridgehead atoms. The van der Waals surface area contributed by atoms with Crippen molar-refractivity contribution in [1.29, 1.82) is 0 Å². The summed E-state index contributed by atoms with van der Waals surface area (Å²) in [5, 5.41) is 12.8. The van der Waals surface area contributed by atoms with Crippen molar-refractivity contribution >= 4 is 28.6 Å². The van der Waals surface area contributed by atoms with Crippen molar-refractivity contribution in [2.24, 2.45) is 0 Å². The molecule has 0 saturated carbocycles. The Bertz CT molecular complexity index is 688. The smallest absolute Gasteiger partial charge is 0.285 e. The summed E-state index contributed by atoms with van der Waals surface area (Å²) in [6.07, 6.45) is 0. The Morgan fingerprint density at radius 2 is 2.24 bits per heavy atom. The number of carbonyl (C=O) groups is 1. The third kappa shape index (κ3) is 3.16. The molecule has 110 valence electrons. The lowest BCUT2D eigenvalue weighted by Gasteiger charge is -2.16. The Hall–Kier alpha value is -2.48. The molecule has 1 amide bonds.